The summed E-state index contributed by atoms with van der Waals surface area (Å²) in [5.74, 6) is -0.679. The third kappa shape index (κ3) is 4.86. The Morgan fingerprint density at radius 3 is 2.29 bits per heavy atom. The van der Waals surface area contributed by atoms with Crippen molar-refractivity contribution in [3.8, 4) is 0 Å². The maximum Gasteiger partial charge on any atom is 0.534 e. The van der Waals surface area contributed by atoms with Gasteiger partial charge in [-0.15, -0.1) is 0 Å². The summed E-state index contributed by atoms with van der Waals surface area (Å²) in [5, 5.41) is 0.509. The summed E-state index contributed by atoms with van der Waals surface area (Å²) in [7, 11) is -0.146. The summed E-state index contributed by atoms with van der Waals surface area (Å²) in [6.07, 6.45) is 4.78. The number of unbranched alkanes of at least 4 members (excludes halogenated alkanes) is 2. The summed E-state index contributed by atoms with van der Waals surface area (Å²) in [5.41, 5.74) is -0.565. The van der Waals surface area contributed by atoms with Gasteiger partial charge in [-0.1, -0.05) is 24.3 Å². The molecule has 0 aromatic rings. The highest BCUT2D eigenvalue weighted by Gasteiger charge is 2.50. The number of carbonyl (C=O) groups excluding carboxylic acids is 3. The van der Waals surface area contributed by atoms with Crippen molar-refractivity contribution in [2.75, 3.05) is 0 Å². The fraction of sp³-hybridized carbons (Fsp3) is 0.842. The van der Waals surface area contributed by atoms with Crippen LogP contribution in [0.3, 0.4) is 0 Å². The number of imide groups is 1. The summed E-state index contributed by atoms with van der Waals surface area (Å²) < 4.78 is 17.1. The average Bonchev–Trinajstić information content (AvgIpc) is 3.19. The highest BCUT2D eigenvalue weighted by atomic mass is 16.8. The van der Waals surface area contributed by atoms with Crippen LogP contribution in [0.4, 0.5) is 4.79 Å². The van der Waals surface area contributed by atoms with E-state index in [1.54, 1.807) is 0 Å². The number of carbonyl (C=O) groups is 3. The predicted molar refractivity (Wildman–Crippen MR) is 99.9 cm³/mol. The van der Waals surface area contributed by atoms with Crippen LogP contribution in [-0.4, -0.2) is 47.5 Å². The Morgan fingerprint density at radius 2 is 1.68 bits per heavy atom. The fourth-order valence-corrected chi connectivity index (χ4v) is 3.52. The molecule has 0 spiro atoms. The van der Waals surface area contributed by atoms with E-state index in [0.717, 1.165) is 38.4 Å². The van der Waals surface area contributed by atoms with Crippen LogP contribution in [0, 0.1) is 5.92 Å². The van der Waals surface area contributed by atoms with Crippen molar-refractivity contribution < 1.29 is 33.3 Å². The predicted octanol–water partition coefficient (Wildman–Crippen LogP) is 3.24. The van der Waals surface area contributed by atoms with Crippen molar-refractivity contribution in [3.05, 3.63) is 0 Å². The minimum absolute atomic E-state index is 0.0735. The van der Waals surface area contributed by atoms with Gasteiger partial charge in [-0.25, -0.2) is 4.79 Å². The lowest BCUT2D eigenvalue weighted by molar-refractivity contribution is -0.177. The van der Waals surface area contributed by atoms with E-state index in [-0.39, 0.29) is 37.3 Å². The first-order valence-electron chi connectivity index (χ1n) is 10.2. The van der Waals surface area contributed by atoms with Gasteiger partial charge in [0.05, 0.1) is 11.2 Å². The van der Waals surface area contributed by atoms with Gasteiger partial charge in [0.15, 0.2) is 0 Å². The normalized spacial score (nSPS) is 28.0. The summed E-state index contributed by atoms with van der Waals surface area (Å²) in [6, 6.07) is 0. The zero-order chi connectivity index (χ0) is 20.5. The Labute approximate surface area is 166 Å². The highest BCUT2D eigenvalue weighted by Crippen LogP contribution is 2.40. The molecule has 0 N–H and O–H groups in total. The number of hydrogen-bond donors (Lipinski definition) is 0. The lowest BCUT2D eigenvalue weighted by Gasteiger charge is -2.32. The quantitative estimate of drug-likeness (QED) is 0.270. The molecule has 3 rings (SSSR count). The van der Waals surface area contributed by atoms with E-state index in [1.807, 2.05) is 0 Å². The molecule has 3 aliphatic rings. The molecule has 156 valence electrons. The van der Waals surface area contributed by atoms with Crippen molar-refractivity contribution in [1.82, 2.24) is 5.06 Å². The van der Waals surface area contributed by atoms with E-state index in [2.05, 4.69) is 27.7 Å². The molecule has 2 aliphatic heterocycles. The molecule has 9 heteroatoms. The monoisotopic (exact) mass is 395 g/mol. The van der Waals surface area contributed by atoms with Crippen molar-refractivity contribution in [3.63, 3.8) is 0 Å². The molecule has 0 unspecified atom stereocenters. The number of hydroxylamine groups is 2. The molecule has 28 heavy (non-hydrogen) atoms. The number of nitrogens with zero attached hydrogens (tertiary/aromatic N) is 1. The summed E-state index contributed by atoms with van der Waals surface area (Å²) in [6.45, 7) is 8.23. The molecule has 2 amide bonds. The van der Waals surface area contributed by atoms with Crippen LogP contribution in [0.2, 0.25) is 6.32 Å². The van der Waals surface area contributed by atoms with Crippen LogP contribution in [0.5, 0.6) is 0 Å². The Morgan fingerprint density at radius 1 is 1.07 bits per heavy atom. The van der Waals surface area contributed by atoms with Crippen LogP contribution in [0.25, 0.3) is 0 Å². The Balaban J connectivity index is 1.24. The third-order valence-corrected chi connectivity index (χ3v) is 6.09. The number of ether oxygens (including phenoxy) is 1. The van der Waals surface area contributed by atoms with Gasteiger partial charge in [-0.2, -0.15) is 0 Å². The summed E-state index contributed by atoms with van der Waals surface area (Å²) in [4.78, 5) is 39.2. The fourth-order valence-electron chi connectivity index (χ4n) is 3.52. The van der Waals surface area contributed by atoms with E-state index >= 15 is 0 Å². The SMILES string of the molecule is CC1(C)OB(CCCCC[C@@H]2C[C@H]2OC(=O)ON2C(=O)CCC2=O)OC1(C)C. The lowest BCUT2D eigenvalue weighted by Crippen LogP contribution is -2.41. The van der Waals surface area contributed by atoms with E-state index in [1.165, 1.54) is 0 Å². The van der Waals surface area contributed by atoms with Crippen LogP contribution < -0.4 is 0 Å². The van der Waals surface area contributed by atoms with Gasteiger partial charge < -0.3 is 14.0 Å². The summed E-state index contributed by atoms with van der Waals surface area (Å²) >= 11 is 0. The molecule has 0 bridgehead atoms. The van der Waals surface area contributed by atoms with E-state index in [0.29, 0.717) is 11.0 Å². The minimum Gasteiger partial charge on any atom is -0.429 e. The molecule has 1 aliphatic carbocycles. The van der Waals surface area contributed by atoms with Crippen molar-refractivity contribution in [1.29, 1.82) is 0 Å². The van der Waals surface area contributed by atoms with Gasteiger partial charge in [-0.3, -0.25) is 14.4 Å². The minimum atomic E-state index is -0.975. The molecule has 0 aromatic heterocycles. The maximum atomic E-state index is 11.7. The number of amides is 2. The second-order valence-electron chi connectivity index (χ2n) is 8.90. The number of rotatable bonds is 8. The molecule has 1 saturated carbocycles. The molecular formula is C19H30BNO7. The Kier molecular flexibility index (Phi) is 6.05. The molecular weight excluding hydrogens is 365 g/mol. The van der Waals surface area contributed by atoms with Crippen LogP contribution in [-0.2, 0) is 28.5 Å². The van der Waals surface area contributed by atoms with Gasteiger partial charge >= 0.3 is 13.3 Å². The van der Waals surface area contributed by atoms with Crippen molar-refractivity contribution in [2.24, 2.45) is 5.92 Å². The Bertz CT molecular complexity index is 604. The zero-order valence-corrected chi connectivity index (χ0v) is 17.2. The van der Waals surface area contributed by atoms with Crippen molar-refractivity contribution in [2.45, 2.75) is 96.3 Å². The molecule has 3 fully saturated rings. The Hall–Kier alpha value is -1.61. The second-order valence-corrected chi connectivity index (χ2v) is 8.90. The standard InChI is InChI=1S/C19H30BNO7/c1-18(2)19(3,4)28-20(27-18)11-7-5-6-8-13-12-14(13)25-17(24)26-21-15(22)9-10-16(21)23/h13-14H,5-12H2,1-4H3/t13-,14-/m1/s1. The molecule has 2 saturated heterocycles. The number of hydrogen-bond acceptors (Lipinski definition) is 7. The molecule has 0 aromatic carbocycles. The van der Waals surface area contributed by atoms with Gasteiger partial charge in [0.1, 0.15) is 6.10 Å². The molecule has 2 heterocycles. The first kappa shape index (κ1) is 21.1. The second kappa shape index (κ2) is 8.03. The largest absolute Gasteiger partial charge is 0.534 e. The van der Waals surface area contributed by atoms with Gasteiger partial charge in [0, 0.05) is 12.8 Å². The van der Waals surface area contributed by atoms with Gasteiger partial charge in [0.25, 0.3) is 11.8 Å². The van der Waals surface area contributed by atoms with Gasteiger partial charge in [0.2, 0.25) is 0 Å². The van der Waals surface area contributed by atoms with Gasteiger partial charge in [-0.05, 0) is 52.8 Å². The van der Waals surface area contributed by atoms with Crippen LogP contribution in [0.15, 0.2) is 0 Å². The third-order valence-electron chi connectivity index (χ3n) is 6.09. The van der Waals surface area contributed by atoms with Crippen LogP contribution in [0.1, 0.15) is 72.6 Å². The molecule has 8 nitrogen and oxygen atoms in total. The molecule has 2 atom stereocenters. The highest BCUT2D eigenvalue weighted by molar-refractivity contribution is 6.45. The maximum absolute atomic E-state index is 11.7. The lowest BCUT2D eigenvalue weighted by atomic mass is 9.82. The van der Waals surface area contributed by atoms with E-state index in [9.17, 15) is 14.4 Å². The van der Waals surface area contributed by atoms with E-state index in [4.69, 9.17) is 18.9 Å². The average molecular weight is 395 g/mol. The first-order chi connectivity index (χ1) is 13.1. The van der Waals surface area contributed by atoms with Crippen molar-refractivity contribution >= 4 is 25.1 Å². The van der Waals surface area contributed by atoms with E-state index < -0.39 is 18.0 Å². The first-order valence-corrected chi connectivity index (χ1v) is 10.2. The van der Waals surface area contributed by atoms with Crippen LogP contribution >= 0.6 is 0 Å². The smallest absolute Gasteiger partial charge is 0.429 e. The molecule has 0 radical (unpaired) electrons. The zero-order valence-electron chi connectivity index (χ0n) is 17.2. The topological polar surface area (TPSA) is 91.4 Å².